The van der Waals surface area contributed by atoms with Gasteiger partial charge in [0, 0.05) is 6.54 Å². The second-order valence-corrected chi connectivity index (χ2v) is 6.04. The SMILES string of the molecule is O=C(NC[C@H](c1ccco1)N1CCCCC1)Nc1nncs1. The number of hydrogen-bond donors (Lipinski definition) is 2. The Morgan fingerprint density at radius 3 is 2.95 bits per heavy atom. The maximum absolute atomic E-state index is 11.9. The third kappa shape index (κ3) is 3.83. The van der Waals surface area contributed by atoms with Crippen LogP contribution in [-0.4, -0.2) is 40.8 Å². The summed E-state index contributed by atoms with van der Waals surface area (Å²) in [5.41, 5.74) is 1.58. The zero-order valence-electron chi connectivity index (χ0n) is 12.2. The van der Waals surface area contributed by atoms with Gasteiger partial charge in [0.05, 0.1) is 12.3 Å². The fourth-order valence-corrected chi connectivity index (χ4v) is 3.12. The van der Waals surface area contributed by atoms with Crippen molar-refractivity contribution in [2.45, 2.75) is 25.3 Å². The van der Waals surface area contributed by atoms with E-state index in [2.05, 4.69) is 25.7 Å². The quantitative estimate of drug-likeness (QED) is 0.884. The van der Waals surface area contributed by atoms with Crippen LogP contribution in [-0.2, 0) is 0 Å². The largest absolute Gasteiger partial charge is 0.468 e. The van der Waals surface area contributed by atoms with Crippen LogP contribution in [0, 0.1) is 0 Å². The zero-order valence-corrected chi connectivity index (χ0v) is 13.0. The lowest BCUT2D eigenvalue weighted by atomic mass is 10.1. The molecule has 2 amide bonds. The lowest BCUT2D eigenvalue weighted by Gasteiger charge is -2.33. The summed E-state index contributed by atoms with van der Waals surface area (Å²) in [6.45, 7) is 2.56. The molecule has 0 spiro atoms. The monoisotopic (exact) mass is 321 g/mol. The number of hydrogen-bond acceptors (Lipinski definition) is 6. The average Bonchev–Trinajstić information content (AvgIpc) is 3.22. The van der Waals surface area contributed by atoms with Gasteiger partial charge >= 0.3 is 6.03 Å². The molecule has 0 bridgehead atoms. The number of anilines is 1. The maximum atomic E-state index is 11.9. The highest BCUT2D eigenvalue weighted by Gasteiger charge is 2.24. The lowest BCUT2D eigenvalue weighted by Crippen LogP contribution is -2.41. The third-order valence-electron chi connectivity index (χ3n) is 3.74. The van der Waals surface area contributed by atoms with E-state index in [9.17, 15) is 4.79 Å². The number of carbonyl (C=O) groups excluding carboxylic acids is 1. The van der Waals surface area contributed by atoms with Gasteiger partial charge in [0.25, 0.3) is 0 Å². The van der Waals surface area contributed by atoms with E-state index in [1.165, 1.54) is 30.6 Å². The molecule has 118 valence electrons. The minimum Gasteiger partial charge on any atom is -0.468 e. The van der Waals surface area contributed by atoms with E-state index in [1.807, 2.05) is 12.1 Å². The highest BCUT2D eigenvalue weighted by molar-refractivity contribution is 7.13. The van der Waals surface area contributed by atoms with Gasteiger partial charge < -0.3 is 9.73 Å². The van der Waals surface area contributed by atoms with Gasteiger partial charge in [-0.15, -0.1) is 10.2 Å². The van der Waals surface area contributed by atoms with Gasteiger partial charge in [-0.2, -0.15) is 0 Å². The highest BCUT2D eigenvalue weighted by Crippen LogP contribution is 2.24. The first-order valence-corrected chi connectivity index (χ1v) is 8.29. The van der Waals surface area contributed by atoms with Crippen molar-refractivity contribution in [1.82, 2.24) is 20.4 Å². The second kappa shape index (κ2) is 7.37. The number of rotatable bonds is 5. The molecular weight excluding hydrogens is 302 g/mol. The average molecular weight is 321 g/mol. The first kappa shape index (κ1) is 15.0. The first-order chi connectivity index (χ1) is 10.8. The normalized spacial score (nSPS) is 17.1. The van der Waals surface area contributed by atoms with Crippen molar-refractivity contribution in [2.24, 2.45) is 0 Å². The van der Waals surface area contributed by atoms with Crippen LogP contribution in [0.4, 0.5) is 9.93 Å². The molecule has 0 aromatic carbocycles. The van der Waals surface area contributed by atoms with Gasteiger partial charge in [0.1, 0.15) is 11.3 Å². The summed E-state index contributed by atoms with van der Waals surface area (Å²) < 4.78 is 5.55. The lowest BCUT2D eigenvalue weighted by molar-refractivity contribution is 0.144. The molecule has 2 aromatic rings. The van der Waals surface area contributed by atoms with Crippen LogP contribution in [0.3, 0.4) is 0 Å². The molecule has 0 unspecified atom stereocenters. The molecular formula is C14H19N5O2S. The minimum atomic E-state index is -0.273. The van der Waals surface area contributed by atoms with Crippen molar-refractivity contribution < 1.29 is 9.21 Å². The van der Waals surface area contributed by atoms with E-state index in [4.69, 9.17) is 4.42 Å². The van der Waals surface area contributed by atoms with Crippen LogP contribution in [0.1, 0.15) is 31.1 Å². The number of piperidine rings is 1. The number of urea groups is 1. The Balaban J connectivity index is 1.59. The molecule has 1 atom stereocenters. The molecule has 8 heteroatoms. The van der Waals surface area contributed by atoms with Gasteiger partial charge in [0.2, 0.25) is 5.13 Å². The van der Waals surface area contributed by atoms with Crippen LogP contribution >= 0.6 is 11.3 Å². The first-order valence-electron chi connectivity index (χ1n) is 7.41. The molecule has 3 heterocycles. The molecule has 3 rings (SSSR count). The van der Waals surface area contributed by atoms with Crippen LogP contribution in [0.25, 0.3) is 0 Å². The second-order valence-electron chi connectivity index (χ2n) is 5.21. The Morgan fingerprint density at radius 2 is 2.27 bits per heavy atom. The van der Waals surface area contributed by atoms with Gasteiger partial charge in [-0.05, 0) is 38.1 Å². The predicted molar refractivity (Wildman–Crippen MR) is 83.8 cm³/mol. The van der Waals surface area contributed by atoms with Crippen molar-refractivity contribution in [1.29, 1.82) is 0 Å². The van der Waals surface area contributed by atoms with Crippen LogP contribution in [0.2, 0.25) is 0 Å². The van der Waals surface area contributed by atoms with Gasteiger partial charge in [0.15, 0.2) is 0 Å². The topological polar surface area (TPSA) is 83.3 Å². The Bertz CT molecular complexity index is 566. The highest BCUT2D eigenvalue weighted by atomic mass is 32.1. The summed E-state index contributed by atoms with van der Waals surface area (Å²) >= 11 is 1.29. The van der Waals surface area contributed by atoms with E-state index in [-0.39, 0.29) is 12.1 Å². The van der Waals surface area contributed by atoms with Crippen molar-refractivity contribution in [3.63, 3.8) is 0 Å². The number of aromatic nitrogens is 2. The fourth-order valence-electron chi connectivity index (χ4n) is 2.68. The maximum Gasteiger partial charge on any atom is 0.321 e. The summed E-state index contributed by atoms with van der Waals surface area (Å²) in [5, 5.41) is 13.5. The van der Waals surface area contributed by atoms with Gasteiger partial charge in [-0.25, -0.2) is 4.79 Å². The molecule has 1 aliphatic rings. The Hall–Kier alpha value is -1.93. The van der Waals surface area contributed by atoms with Crippen molar-refractivity contribution in [3.8, 4) is 0 Å². The zero-order chi connectivity index (χ0) is 15.2. The fraction of sp³-hybridized carbons (Fsp3) is 0.500. The minimum absolute atomic E-state index is 0.0652. The number of furan rings is 1. The molecule has 0 saturated carbocycles. The predicted octanol–water partition coefficient (Wildman–Crippen LogP) is 2.48. The van der Waals surface area contributed by atoms with Crippen molar-refractivity contribution in [3.05, 3.63) is 29.7 Å². The molecule has 22 heavy (non-hydrogen) atoms. The third-order valence-corrected chi connectivity index (χ3v) is 4.35. The summed E-state index contributed by atoms with van der Waals surface area (Å²) in [4.78, 5) is 14.3. The molecule has 1 saturated heterocycles. The molecule has 1 fully saturated rings. The standard InChI is InChI=1S/C14H19N5O2S/c20-13(17-14-18-16-10-22-14)15-9-11(12-5-4-8-21-12)19-6-2-1-3-7-19/h4-5,8,10-11H,1-3,6-7,9H2,(H2,15,17,18,20)/t11-/m1/s1. The molecule has 1 aliphatic heterocycles. The van der Waals surface area contributed by atoms with E-state index in [1.54, 1.807) is 11.8 Å². The van der Waals surface area contributed by atoms with Gasteiger partial charge in [-0.3, -0.25) is 10.2 Å². The molecule has 0 aliphatic carbocycles. The number of likely N-dealkylation sites (tertiary alicyclic amines) is 1. The summed E-state index contributed by atoms with van der Waals surface area (Å²) in [5.74, 6) is 0.887. The summed E-state index contributed by atoms with van der Waals surface area (Å²) in [7, 11) is 0. The number of nitrogens with one attached hydrogen (secondary N) is 2. The smallest absolute Gasteiger partial charge is 0.321 e. The summed E-state index contributed by atoms with van der Waals surface area (Å²) in [6, 6.07) is 3.64. The van der Waals surface area contributed by atoms with E-state index < -0.39 is 0 Å². The molecule has 7 nitrogen and oxygen atoms in total. The Labute approximate surface area is 132 Å². The van der Waals surface area contributed by atoms with E-state index >= 15 is 0 Å². The van der Waals surface area contributed by atoms with Crippen molar-refractivity contribution >= 4 is 22.5 Å². The molecule has 2 N–H and O–H groups in total. The van der Waals surface area contributed by atoms with Crippen LogP contribution in [0.5, 0.6) is 0 Å². The number of carbonyl (C=O) groups is 1. The van der Waals surface area contributed by atoms with E-state index in [0.29, 0.717) is 11.7 Å². The number of amides is 2. The Morgan fingerprint density at radius 1 is 1.41 bits per heavy atom. The van der Waals surface area contributed by atoms with Gasteiger partial charge in [-0.1, -0.05) is 17.8 Å². The van der Waals surface area contributed by atoms with Crippen LogP contribution in [0.15, 0.2) is 28.3 Å². The molecule has 2 aromatic heterocycles. The van der Waals surface area contributed by atoms with Crippen molar-refractivity contribution in [2.75, 3.05) is 25.0 Å². The number of nitrogens with zero attached hydrogens (tertiary/aromatic N) is 3. The Kier molecular flexibility index (Phi) is 5.02. The van der Waals surface area contributed by atoms with E-state index in [0.717, 1.165) is 18.8 Å². The summed E-state index contributed by atoms with van der Waals surface area (Å²) in [6.07, 6.45) is 5.32. The van der Waals surface area contributed by atoms with Crippen LogP contribution < -0.4 is 10.6 Å². The molecule has 0 radical (unpaired) electrons.